The second kappa shape index (κ2) is 7.36. The van der Waals surface area contributed by atoms with E-state index >= 15 is 0 Å². The van der Waals surface area contributed by atoms with Gasteiger partial charge in [0, 0.05) is 25.6 Å². The number of nitrogens with zero attached hydrogens (tertiary/aromatic N) is 1. The lowest BCUT2D eigenvalue weighted by atomic mass is 10.0. The van der Waals surface area contributed by atoms with Crippen LogP contribution in [0.3, 0.4) is 0 Å². The number of carboxylic acid groups (broad SMARTS) is 1. The third-order valence-corrected chi connectivity index (χ3v) is 3.89. The van der Waals surface area contributed by atoms with Crippen molar-refractivity contribution < 1.29 is 14.7 Å². The highest BCUT2D eigenvalue weighted by Gasteiger charge is 2.27. The minimum Gasteiger partial charge on any atom is -0.481 e. The van der Waals surface area contributed by atoms with Crippen molar-refractivity contribution in [1.82, 2.24) is 10.2 Å². The SMILES string of the molecule is CCC(NC(=O)N1CCC(CCC(=O)O)C1)C(C)C. The molecule has 5 heteroatoms. The molecule has 0 bridgehead atoms. The molecule has 1 aliphatic heterocycles. The third-order valence-electron chi connectivity index (χ3n) is 3.89. The van der Waals surface area contributed by atoms with Gasteiger partial charge in [0.1, 0.15) is 0 Å². The van der Waals surface area contributed by atoms with E-state index in [1.807, 2.05) is 4.90 Å². The largest absolute Gasteiger partial charge is 0.481 e. The zero-order valence-electron chi connectivity index (χ0n) is 12.2. The van der Waals surface area contributed by atoms with Crippen molar-refractivity contribution >= 4 is 12.0 Å². The first kappa shape index (κ1) is 15.8. The first-order chi connectivity index (χ1) is 8.93. The summed E-state index contributed by atoms with van der Waals surface area (Å²) in [6.07, 6.45) is 2.71. The molecule has 1 rings (SSSR count). The standard InChI is InChI=1S/C14H26N2O3/c1-4-12(10(2)3)15-14(19)16-8-7-11(9-16)5-6-13(17)18/h10-12H,4-9H2,1-3H3,(H,15,19)(H,17,18). The second-order valence-electron chi connectivity index (χ2n) is 5.74. The Morgan fingerprint density at radius 3 is 2.63 bits per heavy atom. The van der Waals surface area contributed by atoms with Gasteiger partial charge in [0.15, 0.2) is 0 Å². The van der Waals surface area contributed by atoms with Gasteiger partial charge in [-0.1, -0.05) is 20.8 Å². The van der Waals surface area contributed by atoms with Gasteiger partial charge in [-0.05, 0) is 31.1 Å². The summed E-state index contributed by atoms with van der Waals surface area (Å²) in [4.78, 5) is 24.5. The molecule has 1 fully saturated rings. The number of amides is 2. The average molecular weight is 270 g/mol. The lowest BCUT2D eigenvalue weighted by Gasteiger charge is -2.25. The summed E-state index contributed by atoms with van der Waals surface area (Å²) in [5, 5.41) is 11.7. The van der Waals surface area contributed by atoms with Crippen LogP contribution in [0.4, 0.5) is 4.79 Å². The number of hydrogen-bond acceptors (Lipinski definition) is 2. The van der Waals surface area contributed by atoms with Gasteiger partial charge in [-0.2, -0.15) is 0 Å². The van der Waals surface area contributed by atoms with Crippen LogP contribution in [0.25, 0.3) is 0 Å². The number of urea groups is 1. The topological polar surface area (TPSA) is 69.6 Å². The normalized spacial score (nSPS) is 20.6. The number of rotatable bonds is 6. The molecule has 5 nitrogen and oxygen atoms in total. The highest BCUT2D eigenvalue weighted by molar-refractivity contribution is 5.74. The molecule has 2 amide bonds. The Kier molecular flexibility index (Phi) is 6.12. The monoisotopic (exact) mass is 270 g/mol. The first-order valence-electron chi connectivity index (χ1n) is 7.21. The Morgan fingerprint density at radius 1 is 1.42 bits per heavy atom. The van der Waals surface area contributed by atoms with Crippen LogP contribution in [-0.2, 0) is 4.79 Å². The van der Waals surface area contributed by atoms with E-state index < -0.39 is 5.97 Å². The Hall–Kier alpha value is -1.26. The maximum absolute atomic E-state index is 12.1. The minimum absolute atomic E-state index is 0.00150. The number of aliphatic carboxylic acids is 1. The smallest absolute Gasteiger partial charge is 0.317 e. The lowest BCUT2D eigenvalue weighted by Crippen LogP contribution is -2.45. The molecule has 110 valence electrons. The molecule has 0 aromatic carbocycles. The summed E-state index contributed by atoms with van der Waals surface area (Å²) in [7, 11) is 0. The van der Waals surface area contributed by atoms with Crippen LogP contribution >= 0.6 is 0 Å². The quantitative estimate of drug-likeness (QED) is 0.778. The van der Waals surface area contributed by atoms with Gasteiger partial charge in [0.2, 0.25) is 0 Å². The van der Waals surface area contributed by atoms with Crippen molar-refractivity contribution in [2.75, 3.05) is 13.1 Å². The van der Waals surface area contributed by atoms with Gasteiger partial charge in [-0.15, -0.1) is 0 Å². The van der Waals surface area contributed by atoms with Crippen LogP contribution in [0.2, 0.25) is 0 Å². The maximum atomic E-state index is 12.1. The fourth-order valence-electron chi connectivity index (χ4n) is 2.57. The summed E-state index contributed by atoms with van der Waals surface area (Å²) >= 11 is 0. The molecule has 1 heterocycles. The van der Waals surface area contributed by atoms with Crippen LogP contribution in [0.15, 0.2) is 0 Å². The Labute approximate surface area is 115 Å². The van der Waals surface area contributed by atoms with Gasteiger partial charge in [0.05, 0.1) is 0 Å². The number of hydrogen-bond donors (Lipinski definition) is 2. The predicted octanol–water partition coefficient (Wildman–Crippen LogP) is 2.32. The molecule has 0 aromatic rings. The zero-order chi connectivity index (χ0) is 14.4. The van der Waals surface area contributed by atoms with Gasteiger partial charge >= 0.3 is 12.0 Å². The Balaban J connectivity index is 2.37. The Morgan fingerprint density at radius 2 is 2.11 bits per heavy atom. The lowest BCUT2D eigenvalue weighted by molar-refractivity contribution is -0.137. The number of nitrogens with one attached hydrogen (secondary N) is 1. The molecule has 0 aromatic heterocycles. The Bertz CT molecular complexity index is 318. The van der Waals surface area contributed by atoms with E-state index in [9.17, 15) is 9.59 Å². The molecular formula is C14H26N2O3. The van der Waals surface area contributed by atoms with Crippen molar-refractivity contribution in [3.63, 3.8) is 0 Å². The van der Waals surface area contributed by atoms with E-state index in [-0.39, 0.29) is 18.5 Å². The van der Waals surface area contributed by atoms with Crippen molar-refractivity contribution in [2.45, 2.75) is 52.5 Å². The fourth-order valence-corrected chi connectivity index (χ4v) is 2.57. The number of carboxylic acids is 1. The van der Waals surface area contributed by atoms with E-state index in [0.717, 1.165) is 19.4 Å². The van der Waals surface area contributed by atoms with Crippen LogP contribution in [0.1, 0.15) is 46.5 Å². The highest BCUT2D eigenvalue weighted by atomic mass is 16.4. The van der Waals surface area contributed by atoms with Crippen LogP contribution in [-0.4, -0.2) is 41.1 Å². The molecule has 0 spiro atoms. The predicted molar refractivity (Wildman–Crippen MR) is 74.0 cm³/mol. The molecule has 0 aliphatic carbocycles. The number of likely N-dealkylation sites (tertiary alicyclic amines) is 1. The summed E-state index contributed by atoms with van der Waals surface area (Å²) in [6, 6.07) is 0.212. The van der Waals surface area contributed by atoms with E-state index in [4.69, 9.17) is 5.11 Å². The van der Waals surface area contributed by atoms with Gasteiger partial charge < -0.3 is 15.3 Å². The fraction of sp³-hybridized carbons (Fsp3) is 0.857. The molecule has 2 N–H and O–H groups in total. The third kappa shape index (κ3) is 5.09. The maximum Gasteiger partial charge on any atom is 0.317 e. The molecule has 0 radical (unpaired) electrons. The summed E-state index contributed by atoms with van der Waals surface area (Å²) in [5.74, 6) is 0.00842. The van der Waals surface area contributed by atoms with Gasteiger partial charge in [-0.25, -0.2) is 4.79 Å². The number of carbonyl (C=O) groups is 2. The second-order valence-corrected chi connectivity index (χ2v) is 5.74. The van der Waals surface area contributed by atoms with Crippen molar-refractivity contribution in [2.24, 2.45) is 11.8 Å². The van der Waals surface area contributed by atoms with Gasteiger partial charge in [0.25, 0.3) is 0 Å². The van der Waals surface area contributed by atoms with Crippen molar-refractivity contribution in [3.8, 4) is 0 Å². The molecule has 1 saturated heterocycles. The molecule has 19 heavy (non-hydrogen) atoms. The van der Waals surface area contributed by atoms with Crippen LogP contribution in [0.5, 0.6) is 0 Å². The number of carbonyl (C=O) groups excluding carboxylic acids is 1. The molecule has 0 saturated carbocycles. The van der Waals surface area contributed by atoms with E-state index in [2.05, 4.69) is 26.1 Å². The summed E-state index contributed by atoms with van der Waals surface area (Å²) in [5.41, 5.74) is 0. The first-order valence-corrected chi connectivity index (χ1v) is 7.21. The molecular weight excluding hydrogens is 244 g/mol. The molecule has 1 aliphatic rings. The van der Waals surface area contributed by atoms with Crippen LogP contribution < -0.4 is 5.32 Å². The zero-order valence-corrected chi connectivity index (χ0v) is 12.2. The van der Waals surface area contributed by atoms with E-state index in [1.165, 1.54) is 0 Å². The summed E-state index contributed by atoms with van der Waals surface area (Å²) < 4.78 is 0. The minimum atomic E-state index is -0.756. The average Bonchev–Trinajstić information content (AvgIpc) is 2.81. The van der Waals surface area contributed by atoms with Crippen molar-refractivity contribution in [3.05, 3.63) is 0 Å². The van der Waals surface area contributed by atoms with E-state index in [0.29, 0.717) is 24.8 Å². The van der Waals surface area contributed by atoms with Gasteiger partial charge in [-0.3, -0.25) is 4.79 Å². The molecule has 2 atom stereocenters. The summed E-state index contributed by atoms with van der Waals surface area (Å²) in [6.45, 7) is 7.71. The van der Waals surface area contributed by atoms with Crippen LogP contribution in [0, 0.1) is 11.8 Å². The van der Waals surface area contributed by atoms with Crippen molar-refractivity contribution in [1.29, 1.82) is 0 Å². The highest BCUT2D eigenvalue weighted by Crippen LogP contribution is 2.21. The van der Waals surface area contributed by atoms with E-state index in [1.54, 1.807) is 0 Å². The molecule has 2 unspecified atom stereocenters.